The predicted octanol–water partition coefficient (Wildman–Crippen LogP) is 2.71. The summed E-state index contributed by atoms with van der Waals surface area (Å²) in [4.78, 5) is 15.8. The number of nitrogens with zero attached hydrogens (tertiary/aromatic N) is 1. The molecule has 0 saturated heterocycles. The fourth-order valence-electron chi connectivity index (χ4n) is 1.87. The Balaban J connectivity index is 2.04. The van der Waals surface area contributed by atoms with E-state index in [1.54, 1.807) is 6.20 Å². The molecule has 2 aromatic rings. The summed E-state index contributed by atoms with van der Waals surface area (Å²) in [5.41, 5.74) is 7.53. The zero-order valence-electron chi connectivity index (χ0n) is 12.4. The van der Waals surface area contributed by atoms with Gasteiger partial charge in [-0.3, -0.25) is 4.98 Å². The van der Waals surface area contributed by atoms with Gasteiger partial charge in [-0.15, -0.1) is 0 Å². The predicted molar refractivity (Wildman–Crippen MR) is 84.0 cm³/mol. The Morgan fingerprint density at radius 2 is 2.05 bits per heavy atom. The molecule has 1 aromatic carbocycles. The first-order valence-electron chi connectivity index (χ1n) is 6.71. The largest absolute Gasteiger partial charge is 0.444 e. The van der Waals surface area contributed by atoms with Gasteiger partial charge in [0.25, 0.3) is 0 Å². The number of benzene rings is 1. The number of hydrogen-bond acceptors (Lipinski definition) is 5. The van der Waals surface area contributed by atoms with E-state index in [9.17, 15) is 4.79 Å². The molecule has 1 aromatic heterocycles. The first-order valence-corrected chi connectivity index (χ1v) is 6.71. The number of nitrogens with two attached hydrogens (primary N) is 1. The molecule has 0 atom stereocenters. The van der Waals surface area contributed by atoms with Gasteiger partial charge in [0.2, 0.25) is 0 Å². The van der Waals surface area contributed by atoms with E-state index in [1.165, 1.54) is 0 Å². The number of fused-ring (bicyclic) bond motifs is 1. The fourth-order valence-corrected chi connectivity index (χ4v) is 1.87. The van der Waals surface area contributed by atoms with Crippen LogP contribution in [-0.4, -0.2) is 23.3 Å². The smallest absolute Gasteiger partial charge is 0.409 e. The molecule has 0 spiro atoms. The van der Waals surface area contributed by atoms with E-state index in [-0.39, 0.29) is 6.67 Å². The average Bonchev–Trinajstić information content (AvgIpc) is 2.39. The van der Waals surface area contributed by atoms with Crippen molar-refractivity contribution >= 4 is 28.4 Å². The van der Waals surface area contributed by atoms with Crippen LogP contribution in [-0.2, 0) is 4.74 Å². The third kappa shape index (κ3) is 3.98. The standard InChI is InChI=1S/C15H20N4O2/c1-15(2,3)21-14(20)19-9-18-13-10-6-4-5-7-12(10)17-8-11(13)16/h4-8H,9,16H2,1-3H3,(H,17,18)(H,19,20). The van der Waals surface area contributed by atoms with Gasteiger partial charge in [0.1, 0.15) is 5.60 Å². The number of ether oxygens (including phenoxy) is 1. The number of anilines is 2. The van der Waals surface area contributed by atoms with Crippen molar-refractivity contribution in [2.75, 3.05) is 17.7 Å². The van der Waals surface area contributed by atoms with Crippen LogP contribution >= 0.6 is 0 Å². The first kappa shape index (κ1) is 14.9. The average molecular weight is 288 g/mol. The number of amides is 1. The molecule has 21 heavy (non-hydrogen) atoms. The molecular weight excluding hydrogens is 268 g/mol. The number of alkyl carbamates (subject to hydrolysis) is 1. The molecule has 2 rings (SSSR count). The minimum absolute atomic E-state index is 0.215. The highest BCUT2D eigenvalue weighted by atomic mass is 16.6. The Labute approximate surface area is 123 Å². The lowest BCUT2D eigenvalue weighted by Crippen LogP contribution is -2.35. The molecule has 0 bridgehead atoms. The third-order valence-corrected chi connectivity index (χ3v) is 2.70. The van der Waals surface area contributed by atoms with Crippen molar-refractivity contribution in [2.45, 2.75) is 26.4 Å². The fraction of sp³-hybridized carbons (Fsp3) is 0.333. The second-order valence-corrected chi connectivity index (χ2v) is 5.64. The van der Waals surface area contributed by atoms with Gasteiger partial charge in [-0.1, -0.05) is 18.2 Å². The topological polar surface area (TPSA) is 89.3 Å². The molecule has 6 heteroatoms. The number of aromatic nitrogens is 1. The van der Waals surface area contributed by atoms with Gasteiger partial charge in [-0.2, -0.15) is 0 Å². The van der Waals surface area contributed by atoms with E-state index in [1.807, 2.05) is 45.0 Å². The minimum Gasteiger partial charge on any atom is -0.444 e. The van der Waals surface area contributed by atoms with E-state index < -0.39 is 11.7 Å². The maximum atomic E-state index is 11.6. The molecule has 6 nitrogen and oxygen atoms in total. The second kappa shape index (κ2) is 5.87. The van der Waals surface area contributed by atoms with Crippen LogP contribution in [0.2, 0.25) is 0 Å². The molecule has 0 unspecified atom stereocenters. The van der Waals surface area contributed by atoms with Crippen molar-refractivity contribution in [1.82, 2.24) is 10.3 Å². The molecule has 112 valence electrons. The summed E-state index contributed by atoms with van der Waals surface area (Å²) >= 11 is 0. The first-order chi connectivity index (χ1) is 9.87. The van der Waals surface area contributed by atoms with Crippen LogP contribution in [0.3, 0.4) is 0 Å². The zero-order valence-corrected chi connectivity index (χ0v) is 12.4. The summed E-state index contributed by atoms with van der Waals surface area (Å²) < 4.78 is 5.16. The van der Waals surface area contributed by atoms with Gasteiger partial charge < -0.3 is 21.1 Å². The van der Waals surface area contributed by atoms with E-state index in [0.29, 0.717) is 5.69 Å². The second-order valence-electron chi connectivity index (χ2n) is 5.64. The molecule has 4 N–H and O–H groups in total. The van der Waals surface area contributed by atoms with E-state index in [2.05, 4.69) is 15.6 Å². The maximum absolute atomic E-state index is 11.6. The lowest BCUT2D eigenvalue weighted by molar-refractivity contribution is 0.0532. The van der Waals surface area contributed by atoms with Crippen LogP contribution in [0.4, 0.5) is 16.2 Å². The van der Waals surface area contributed by atoms with Crippen LogP contribution in [0.25, 0.3) is 10.9 Å². The van der Waals surface area contributed by atoms with Gasteiger partial charge in [0.15, 0.2) is 0 Å². The number of hydrogen-bond donors (Lipinski definition) is 3. The van der Waals surface area contributed by atoms with Gasteiger partial charge in [-0.25, -0.2) is 4.79 Å². The number of rotatable bonds is 3. The number of nitrogens with one attached hydrogen (secondary N) is 2. The number of para-hydroxylation sites is 1. The summed E-state index contributed by atoms with van der Waals surface area (Å²) in [6.07, 6.45) is 1.12. The molecule has 0 aliphatic rings. The van der Waals surface area contributed by atoms with Crippen LogP contribution in [0.1, 0.15) is 20.8 Å². The summed E-state index contributed by atoms with van der Waals surface area (Å²) in [6.45, 7) is 5.66. The summed E-state index contributed by atoms with van der Waals surface area (Å²) in [5.74, 6) is 0. The maximum Gasteiger partial charge on any atom is 0.409 e. The molecule has 0 saturated carbocycles. The highest BCUT2D eigenvalue weighted by Gasteiger charge is 2.15. The van der Waals surface area contributed by atoms with Gasteiger partial charge in [0.05, 0.1) is 29.8 Å². The normalized spacial score (nSPS) is 11.2. The molecule has 0 radical (unpaired) electrons. The third-order valence-electron chi connectivity index (χ3n) is 2.70. The van der Waals surface area contributed by atoms with Crippen molar-refractivity contribution in [3.05, 3.63) is 30.5 Å². The van der Waals surface area contributed by atoms with Crippen LogP contribution in [0.5, 0.6) is 0 Å². The lowest BCUT2D eigenvalue weighted by Gasteiger charge is -2.20. The summed E-state index contributed by atoms with van der Waals surface area (Å²) in [5, 5.41) is 6.63. The highest BCUT2D eigenvalue weighted by Crippen LogP contribution is 2.26. The molecule has 0 aliphatic heterocycles. The van der Waals surface area contributed by atoms with Crippen molar-refractivity contribution in [1.29, 1.82) is 0 Å². The van der Waals surface area contributed by atoms with Gasteiger partial charge in [-0.05, 0) is 26.8 Å². The Bertz CT molecular complexity index is 650. The molecular formula is C15H20N4O2. The summed E-state index contributed by atoms with van der Waals surface area (Å²) in [7, 11) is 0. The number of carbonyl (C=O) groups is 1. The van der Waals surface area contributed by atoms with Crippen molar-refractivity contribution in [3.63, 3.8) is 0 Å². The monoisotopic (exact) mass is 288 g/mol. The SMILES string of the molecule is CC(C)(C)OC(=O)NCNc1c(N)cnc2ccccc12. The lowest BCUT2D eigenvalue weighted by atomic mass is 10.1. The van der Waals surface area contributed by atoms with Crippen molar-refractivity contribution < 1.29 is 9.53 Å². The minimum atomic E-state index is -0.521. The van der Waals surface area contributed by atoms with E-state index >= 15 is 0 Å². The quantitative estimate of drug-likeness (QED) is 0.756. The van der Waals surface area contributed by atoms with Crippen LogP contribution in [0.15, 0.2) is 30.5 Å². The molecule has 0 aliphatic carbocycles. The zero-order chi connectivity index (χ0) is 15.5. The number of nitrogen functional groups attached to an aromatic ring is 1. The molecule has 0 fully saturated rings. The van der Waals surface area contributed by atoms with E-state index in [4.69, 9.17) is 10.5 Å². The Morgan fingerprint density at radius 1 is 1.33 bits per heavy atom. The Morgan fingerprint density at radius 3 is 2.76 bits per heavy atom. The Hall–Kier alpha value is -2.50. The molecule has 1 heterocycles. The number of pyridine rings is 1. The van der Waals surface area contributed by atoms with Crippen LogP contribution < -0.4 is 16.4 Å². The van der Waals surface area contributed by atoms with Crippen LogP contribution in [0, 0.1) is 0 Å². The highest BCUT2D eigenvalue weighted by molar-refractivity contribution is 5.96. The van der Waals surface area contributed by atoms with Crippen molar-refractivity contribution in [2.24, 2.45) is 0 Å². The van der Waals surface area contributed by atoms with Gasteiger partial charge >= 0.3 is 6.09 Å². The van der Waals surface area contributed by atoms with Crippen molar-refractivity contribution in [3.8, 4) is 0 Å². The van der Waals surface area contributed by atoms with E-state index in [0.717, 1.165) is 16.6 Å². The number of carbonyl (C=O) groups excluding carboxylic acids is 1. The Kier molecular flexibility index (Phi) is 4.16. The molecule has 1 amide bonds. The summed E-state index contributed by atoms with van der Waals surface area (Å²) in [6, 6.07) is 7.65. The van der Waals surface area contributed by atoms with Gasteiger partial charge in [0, 0.05) is 5.39 Å².